The van der Waals surface area contributed by atoms with Crippen LogP contribution in [0.5, 0.6) is 0 Å². The van der Waals surface area contributed by atoms with Gasteiger partial charge < -0.3 is 9.73 Å². The first-order valence-corrected chi connectivity index (χ1v) is 6.35. The van der Waals surface area contributed by atoms with Crippen LogP contribution in [-0.4, -0.2) is 21.2 Å². The summed E-state index contributed by atoms with van der Waals surface area (Å²) in [5, 5.41) is 22.1. The zero-order valence-corrected chi connectivity index (χ0v) is 11.7. The molecule has 0 amide bonds. The van der Waals surface area contributed by atoms with Crippen molar-refractivity contribution in [2.75, 3.05) is 0 Å². The third-order valence-corrected chi connectivity index (χ3v) is 2.75. The van der Waals surface area contributed by atoms with Crippen LogP contribution in [0.25, 0.3) is 11.5 Å². The van der Waals surface area contributed by atoms with Crippen molar-refractivity contribution >= 4 is 17.3 Å². The third kappa shape index (κ3) is 3.31. The minimum absolute atomic E-state index is 0.105. The van der Waals surface area contributed by atoms with E-state index in [1.807, 2.05) is 13.8 Å². The summed E-state index contributed by atoms with van der Waals surface area (Å²) in [6, 6.07) is 4.57. The number of nitrogens with zero attached hydrogens (tertiary/aromatic N) is 3. The van der Waals surface area contributed by atoms with Gasteiger partial charge in [-0.25, -0.2) is 0 Å². The molecule has 0 atom stereocenters. The molecule has 0 spiro atoms. The number of nitro benzene ring substituents is 1. The van der Waals surface area contributed by atoms with Crippen molar-refractivity contribution in [3.63, 3.8) is 0 Å². The van der Waals surface area contributed by atoms with Gasteiger partial charge in [-0.3, -0.25) is 10.1 Å². The van der Waals surface area contributed by atoms with Crippen molar-refractivity contribution in [3.05, 3.63) is 39.2 Å². The Morgan fingerprint density at radius 3 is 2.85 bits per heavy atom. The lowest BCUT2D eigenvalue weighted by molar-refractivity contribution is -0.384. The summed E-state index contributed by atoms with van der Waals surface area (Å²) in [6.45, 7) is 4.38. The van der Waals surface area contributed by atoms with E-state index >= 15 is 0 Å². The third-order valence-electron chi connectivity index (χ3n) is 2.52. The highest BCUT2D eigenvalue weighted by atomic mass is 35.5. The fourth-order valence-corrected chi connectivity index (χ4v) is 1.73. The maximum absolute atomic E-state index is 11.0. The van der Waals surface area contributed by atoms with E-state index in [9.17, 15) is 10.1 Å². The molecule has 0 saturated carbocycles. The van der Waals surface area contributed by atoms with E-state index in [1.54, 1.807) is 6.07 Å². The molecule has 0 fully saturated rings. The number of halogens is 1. The predicted octanol–water partition coefficient (Wildman–Crippen LogP) is 2.80. The molecule has 0 bridgehead atoms. The lowest BCUT2D eigenvalue weighted by Crippen LogP contribution is -2.21. The summed E-state index contributed by atoms with van der Waals surface area (Å²) in [5.41, 5.74) is 0.0900. The molecule has 0 radical (unpaired) electrons. The number of nitro groups is 1. The monoisotopic (exact) mass is 296 g/mol. The normalized spacial score (nSPS) is 11.0. The number of aromatic nitrogens is 2. The molecule has 20 heavy (non-hydrogen) atoms. The molecule has 1 heterocycles. The number of nitrogens with one attached hydrogen (secondary N) is 1. The first-order valence-electron chi connectivity index (χ1n) is 5.97. The van der Waals surface area contributed by atoms with Crippen molar-refractivity contribution in [1.82, 2.24) is 15.5 Å². The Balaban J connectivity index is 2.30. The molecular formula is C12H13ClN4O3. The molecule has 0 aliphatic rings. The van der Waals surface area contributed by atoms with E-state index in [4.69, 9.17) is 16.0 Å². The average molecular weight is 297 g/mol. The summed E-state index contributed by atoms with van der Waals surface area (Å²) in [6.07, 6.45) is 0. The van der Waals surface area contributed by atoms with Gasteiger partial charge in [0.1, 0.15) is 5.56 Å². The molecule has 1 aromatic heterocycles. The van der Waals surface area contributed by atoms with Crippen LogP contribution in [0.1, 0.15) is 19.7 Å². The molecule has 2 aromatic rings. The van der Waals surface area contributed by atoms with Gasteiger partial charge in [0.25, 0.3) is 11.6 Å². The van der Waals surface area contributed by atoms with Gasteiger partial charge in [0.15, 0.2) is 0 Å². The summed E-state index contributed by atoms with van der Waals surface area (Å²) < 4.78 is 5.42. The number of benzene rings is 1. The van der Waals surface area contributed by atoms with Crippen molar-refractivity contribution in [2.24, 2.45) is 0 Å². The Morgan fingerprint density at radius 2 is 2.20 bits per heavy atom. The second-order valence-electron chi connectivity index (χ2n) is 4.46. The van der Waals surface area contributed by atoms with Crippen LogP contribution in [-0.2, 0) is 6.54 Å². The van der Waals surface area contributed by atoms with Crippen molar-refractivity contribution in [1.29, 1.82) is 0 Å². The molecule has 2 rings (SSSR count). The maximum Gasteiger partial charge on any atom is 0.283 e. The first-order chi connectivity index (χ1) is 9.47. The second-order valence-corrected chi connectivity index (χ2v) is 4.89. The molecule has 1 N–H and O–H groups in total. The van der Waals surface area contributed by atoms with Crippen LogP contribution in [0.3, 0.4) is 0 Å². The van der Waals surface area contributed by atoms with Gasteiger partial charge in [-0.2, -0.15) is 0 Å². The van der Waals surface area contributed by atoms with Crippen LogP contribution < -0.4 is 5.32 Å². The molecule has 0 aliphatic heterocycles. The van der Waals surface area contributed by atoms with Crippen LogP contribution in [0, 0.1) is 10.1 Å². The highest BCUT2D eigenvalue weighted by Gasteiger charge is 2.20. The molecule has 0 saturated heterocycles. The van der Waals surface area contributed by atoms with Crippen molar-refractivity contribution < 1.29 is 9.34 Å². The van der Waals surface area contributed by atoms with E-state index in [0.29, 0.717) is 12.4 Å². The van der Waals surface area contributed by atoms with Gasteiger partial charge >= 0.3 is 0 Å². The van der Waals surface area contributed by atoms with Gasteiger partial charge in [0, 0.05) is 17.1 Å². The fourth-order valence-electron chi connectivity index (χ4n) is 1.56. The summed E-state index contributed by atoms with van der Waals surface area (Å²) >= 11 is 5.76. The van der Waals surface area contributed by atoms with Crippen LogP contribution in [0.15, 0.2) is 22.6 Å². The lowest BCUT2D eigenvalue weighted by atomic mass is 10.2. The van der Waals surface area contributed by atoms with E-state index in [-0.39, 0.29) is 28.2 Å². The minimum atomic E-state index is -0.530. The molecule has 106 valence electrons. The number of rotatable bonds is 5. The smallest absolute Gasteiger partial charge is 0.283 e. The number of hydrogen-bond acceptors (Lipinski definition) is 6. The van der Waals surface area contributed by atoms with Gasteiger partial charge in [0.2, 0.25) is 5.89 Å². The predicted molar refractivity (Wildman–Crippen MR) is 73.4 cm³/mol. The van der Waals surface area contributed by atoms with Crippen molar-refractivity contribution in [2.45, 2.75) is 26.4 Å². The highest BCUT2D eigenvalue weighted by Crippen LogP contribution is 2.31. The van der Waals surface area contributed by atoms with Crippen LogP contribution in [0.4, 0.5) is 5.69 Å². The molecule has 7 nitrogen and oxygen atoms in total. The average Bonchev–Trinajstić information content (AvgIpc) is 2.84. The minimum Gasteiger partial charge on any atom is -0.419 e. The van der Waals surface area contributed by atoms with E-state index in [1.165, 1.54) is 12.1 Å². The quantitative estimate of drug-likeness (QED) is 0.673. The Kier molecular flexibility index (Phi) is 4.31. The molecule has 1 aromatic carbocycles. The van der Waals surface area contributed by atoms with Gasteiger partial charge in [-0.05, 0) is 12.1 Å². The van der Waals surface area contributed by atoms with E-state index < -0.39 is 4.92 Å². The second kappa shape index (κ2) is 5.98. The van der Waals surface area contributed by atoms with Gasteiger partial charge in [0.05, 0.1) is 11.5 Å². The molecule has 0 unspecified atom stereocenters. The largest absolute Gasteiger partial charge is 0.419 e. The Morgan fingerprint density at radius 1 is 1.45 bits per heavy atom. The first kappa shape index (κ1) is 14.4. The molecule has 8 heteroatoms. The highest BCUT2D eigenvalue weighted by molar-refractivity contribution is 6.30. The molecular weight excluding hydrogens is 284 g/mol. The zero-order chi connectivity index (χ0) is 14.7. The van der Waals surface area contributed by atoms with E-state index in [0.717, 1.165) is 0 Å². The summed E-state index contributed by atoms with van der Waals surface area (Å²) in [7, 11) is 0. The Labute approximate surface area is 120 Å². The number of hydrogen-bond donors (Lipinski definition) is 1. The zero-order valence-electron chi connectivity index (χ0n) is 11.0. The van der Waals surface area contributed by atoms with Crippen LogP contribution in [0.2, 0.25) is 5.02 Å². The van der Waals surface area contributed by atoms with Crippen molar-refractivity contribution in [3.8, 4) is 11.5 Å². The fraction of sp³-hybridized carbons (Fsp3) is 0.333. The topological polar surface area (TPSA) is 94.1 Å². The summed E-state index contributed by atoms with van der Waals surface area (Å²) in [5.74, 6) is 0.479. The van der Waals surface area contributed by atoms with Gasteiger partial charge in [-0.1, -0.05) is 25.4 Å². The van der Waals surface area contributed by atoms with E-state index in [2.05, 4.69) is 15.5 Å². The van der Waals surface area contributed by atoms with Crippen LogP contribution >= 0.6 is 11.6 Å². The molecule has 0 aliphatic carbocycles. The standard InChI is InChI=1S/C12H13ClN4O3/c1-7(2)14-6-11-15-16-12(20-11)9-4-3-8(13)5-10(9)17(18)19/h3-5,7,14H,6H2,1-2H3. The Hall–Kier alpha value is -1.99. The Bertz CT molecular complexity index is 627. The SMILES string of the molecule is CC(C)NCc1nnc(-c2ccc(Cl)cc2[N+](=O)[O-])o1. The lowest BCUT2D eigenvalue weighted by Gasteiger charge is -2.03. The van der Waals surface area contributed by atoms with Gasteiger partial charge in [-0.15, -0.1) is 10.2 Å². The maximum atomic E-state index is 11.0. The summed E-state index contributed by atoms with van der Waals surface area (Å²) in [4.78, 5) is 10.5.